The summed E-state index contributed by atoms with van der Waals surface area (Å²) in [4.78, 5) is 33.4. The molecule has 0 atom stereocenters. The lowest BCUT2D eigenvalue weighted by molar-refractivity contribution is 0.0987. The quantitative estimate of drug-likeness (QED) is 0.737. The van der Waals surface area contributed by atoms with Crippen LogP contribution in [0.2, 0.25) is 5.02 Å². The highest BCUT2D eigenvalue weighted by molar-refractivity contribution is 7.50. The highest BCUT2D eigenvalue weighted by Crippen LogP contribution is 2.38. The number of nitrogens with two attached hydrogens (primary N) is 1. The molecule has 0 spiro atoms. The van der Waals surface area contributed by atoms with Crippen molar-refractivity contribution in [3.63, 3.8) is 0 Å². The lowest BCUT2D eigenvalue weighted by Gasteiger charge is -2.09. The first-order chi connectivity index (χ1) is 8.69. The molecule has 0 radical (unpaired) electrons. The number of nitrogens with zero attached hydrogens (tertiary/aromatic N) is 2. The van der Waals surface area contributed by atoms with Crippen LogP contribution in [-0.2, 0) is 10.9 Å². The van der Waals surface area contributed by atoms with E-state index in [2.05, 4.69) is 4.98 Å². The molecule has 0 bridgehead atoms. The molecule has 0 fully saturated rings. The fourth-order valence-electron chi connectivity index (χ4n) is 1.77. The molecule has 0 aliphatic heterocycles. The van der Waals surface area contributed by atoms with Gasteiger partial charge in [-0.25, -0.2) is 4.98 Å². The van der Waals surface area contributed by atoms with E-state index < -0.39 is 19.8 Å². The fourth-order valence-corrected chi connectivity index (χ4v) is 2.58. The number of amides is 1. The number of hydrogen-bond donors (Lipinski definition) is 3. The number of rotatable bonds is 3. The lowest BCUT2D eigenvalue weighted by atomic mass is 10.2. The van der Waals surface area contributed by atoms with Gasteiger partial charge in [-0.2, -0.15) is 0 Å². The molecular formula is C10H11ClN3O4P. The van der Waals surface area contributed by atoms with Crippen LogP contribution >= 0.6 is 19.2 Å². The van der Waals surface area contributed by atoms with Crippen molar-refractivity contribution in [1.29, 1.82) is 0 Å². The number of aromatic nitrogens is 2. The highest BCUT2D eigenvalue weighted by Gasteiger charge is 2.22. The van der Waals surface area contributed by atoms with Gasteiger partial charge in [0.25, 0.3) is 5.91 Å². The van der Waals surface area contributed by atoms with Gasteiger partial charge in [-0.1, -0.05) is 11.6 Å². The molecule has 1 amide bonds. The largest absolute Gasteiger partial charge is 0.363 e. The normalized spacial score (nSPS) is 12.0. The fraction of sp³-hybridized carbons (Fsp3) is 0.200. The molecule has 19 heavy (non-hydrogen) atoms. The molecule has 2 rings (SSSR count). The van der Waals surface area contributed by atoms with Crippen molar-refractivity contribution in [2.75, 3.05) is 0 Å². The summed E-state index contributed by atoms with van der Waals surface area (Å²) >= 11 is 5.97. The molecule has 0 saturated heterocycles. The monoisotopic (exact) mass is 303 g/mol. The second kappa shape index (κ2) is 4.61. The molecule has 0 unspecified atom stereocenters. The maximum Gasteiger partial charge on any atom is 0.345 e. The minimum atomic E-state index is -4.38. The smallest absolute Gasteiger partial charge is 0.345 e. The van der Waals surface area contributed by atoms with E-state index in [-0.39, 0.29) is 5.82 Å². The Hall–Kier alpha value is -1.40. The third-order valence-corrected chi connectivity index (χ3v) is 3.63. The first kappa shape index (κ1) is 14.0. The van der Waals surface area contributed by atoms with E-state index >= 15 is 0 Å². The number of carbonyl (C=O) groups is 1. The maximum absolute atomic E-state index is 11.3. The van der Waals surface area contributed by atoms with Crippen LogP contribution in [0.25, 0.3) is 11.0 Å². The van der Waals surface area contributed by atoms with Crippen molar-refractivity contribution < 1.29 is 19.1 Å². The Labute approximate surface area is 113 Å². The predicted octanol–water partition coefficient (Wildman–Crippen LogP) is 1.23. The molecule has 0 aliphatic rings. The average molecular weight is 304 g/mol. The number of benzene rings is 1. The van der Waals surface area contributed by atoms with Gasteiger partial charge in [-0.05, 0) is 24.6 Å². The molecule has 9 heteroatoms. The van der Waals surface area contributed by atoms with Crippen LogP contribution < -0.4 is 5.73 Å². The summed E-state index contributed by atoms with van der Waals surface area (Å²) in [6, 6.07) is 3.13. The van der Waals surface area contributed by atoms with E-state index in [1.807, 2.05) is 0 Å². The van der Waals surface area contributed by atoms with Gasteiger partial charge in [-0.3, -0.25) is 9.36 Å². The van der Waals surface area contributed by atoms with Gasteiger partial charge in [0.1, 0.15) is 6.29 Å². The first-order valence-electron chi connectivity index (χ1n) is 5.20. The molecule has 1 aromatic heterocycles. The second-order valence-electron chi connectivity index (χ2n) is 4.12. The lowest BCUT2D eigenvalue weighted by Crippen LogP contribution is -2.18. The van der Waals surface area contributed by atoms with E-state index in [0.717, 1.165) is 10.1 Å². The van der Waals surface area contributed by atoms with E-state index in [1.165, 1.54) is 6.07 Å². The Morgan fingerprint density at radius 1 is 1.53 bits per heavy atom. The summed E-state index contributed by atoms with van der Waals surface area (Å²) in [5.41, 5.74) is 6.67. The van der Waals surface area contributed by atoms with Crippen LogP contribution in [0.4, 0.5) is 0 Å². The van der Waals surface area contributed by atoms with Gasteiger partial charge < -0.3 is 20.1 Å². The molecule has 7 nitrogen and oxygen atoms in total. The summed E-state index contributed by atoms with van der Waals surface area (Å²) in [5.74, 6) is -1.07. The van der Waals surface area contributed by atoms with Gasteiger partial charge in [0.2, 0.25) is 0 Å². The zero-order valence-corrected chi connectivity index (χ0v) is 11.5. The minimum Gasteiger partial charge on any atom is -0.363 e. The highest BCUT2D eigenvalue weighted by atomic mass is 35.5. The molecular weight excluding hydrogens is 293 g/mol. The Kier molecular flexibility index (Phi) is 3.40. The maximum atomic E-state index is 11.3. The van der Waals surface area contributed by atoms with Crippen LogP contribution in [0.5, 0.6) is 0 Å². The van der Waals surface area contributed by atoms with Gasteiger partial charge in [-0.15, -0.1) is 0 Å². The molecule has 4 N–H and O–H groups in total. The second-order valence-corrected chi connectivity index (χ2v) is 6.14. The predicted molar refractivity (Wildman–Crippen MR) is 70.0 cm³/mol. The number of halogens is 1. The van der Waals surface area contributed by atoms with Crippen molar-refractivity contribution in [1.82, 2.24) is 9.55 Å². The summed E-state index contributed by atoms with van der Waals surface area (Å²) in [7, 11) is -4.38. The third-order valence-electron chi connectivity index (χ3n) is 2.57. The van der Waals surface area contributed by atoms with Gasteiger partial charge in [0.05, 0.1) is 11.0 Å². The number of imidazole rings is 1. The topological polar surface area (TPSA) is 118 Å². The number of fused-ring (bicyclic) bond motifs is 1. The van der Waals surface area contributed by atoms with Gasteiger partial charge >= 0.3 is 7.60 Å². The van der Waals surface area contributed by atoms with Crippen molar-refractivity contribution in [3.05, 3.63) is 28.5 Å². The molecule has 0 saturated carbocycles. The van der Waals surface area contributed by atoms with E-state index in [9.17, 15) is 9.36 Å². The standard InChI is InChI=1S/C10H11ClN3O4P/c1-5-2-7-8(3-6(5)11)14(4-19(16,17)18)10(13-7)9(12)15/h2-3H,4H2,1H3,(H2,12,15)(H2,16,17,18). The van der Waals surface area contributed by atoms with Gasteiger partial charge in [0.15, 0.2) is 5.82 Å². The molecule has 0 aliphatic carbocycles. The minimum absolute atomic E-state index is 0.208. The summed E-state index contributed by atoms with van der Waals surface area (Å²) in [5, 5.41) is 0.412. The van der Waals surface area contributed by atoms with Crippen molar-refractivity contribution >= 4 is 36.1 Å². The number of primary amides is 1. The van der Waals surface area contributed by atoms with Gasteiger partial charge in [0, 0.05) is 5.02 Å². The number of hydrogen-bond acceptors (Lipinski definition) is 3. The third kappa shape index (κ3) is 2.79. The van der Waals surface area contributed by atoms with Crippen molar-refractivity contribution in [2.24, 2.45) is 5.73 Å². The van der Waals surface area contributed by atoms with Crippen LogP contribution in [-0.4, -0.2) is 25.2 Å². The zero-order valence-electron chi connectivity index (χ0n) is 9.87. The van der Waals surface area contributed by atoms with E-state index in [4.69, 9.17) is 27.1 Å². The van der Waals surface area contributed by atoms with Crippen molar-refractivity contribution in [3.8, 4) is 0 Å². The summed E-state index contributed by atoms with van der Waals surface area (Å²) < 4.78 is 12.2. The molecule has 2 aromatic rings. The van der Waals surface area contributed by atoms with Crippen LogP contribution in [0.3, 0.4) is 0 Å². The number of aryl methyl sites for hydroxylation is 1. The van der Waals surface area contributed by atoms with E-state index in [0.29, 0.717) is 16.1 Å². The SMILES string of the molecule is Cc1cc2nc(C(N)=O)n(CP(=O)(O)O)c2cc1Cl. The van der Waals surface area contributed by atoms with Crippen LogP contribution in [0, 0.1) is 6.92 Å². The Morgan fingerprint density at radius 2 is 2.16 bits per heavy atom. The Balaban J connectivity index is 2.76. The summed E-state index contributed by atoms with van der Waals surface area (Å²) in [6.45, 7) is 1.76. The summed E-state index contributed by atoms with van der Waals surface area (Å²) in [6.07, 6.45) is -0.679. The molecule has 102 valence electrons. The van der Waals surface area contributed by atoms with E-state index in [1.54, 1.807) is 13.0 Å². The first-order valence-corrected chi connectivity index (χ1v) is 7.37. The van der Waals surface area contributed by atoms with Crippen LogP contribution in [0.1, 0.15) is 16.2 Å². The average Bonchev–Trinajstić information content (AvgIpc) is 2.56. The van der Waals surface area contributed by atoms with Crippen molar-refractivity contribution in [2.45, 2.75) is 13.2 Å². The molecule has 1 heterocycles. The Bertz CT molecular complexity index is 721. The number of carbonyl (C=O) groups excluding carboxylic acids is 1. The van der Waals surface area contributed by atoms with Crippen LogP contribution in [0.15, 0.2) is 12.1 Å². The zero-order chi connectivity index (χ0) is 14.4. The Morgan fingerprint density at radius 3 is 2.68 bits per heavy atom. The molecule has 1 aromatic carbocycles.